The molecule has 1 aliphatic heterocycles. The van der Waals surface area contributed by atoms with E-state index < -0.39 is 0 Å². The summed E-state index contributed by atoms with van der Waals surface area (Å²) >= 11 is 1.84. The van der Waals surface area contributed by atoms with Crippen LogP contribution < -0.4 is 14.5 Å². The molecule has 0 spiro atoms. The Labute approximate surface area is 145 Å². The van der Waals surface area contributed by atoms with E-state index in [0.29, 0.717) is 0 Å². The van der Waals surface area contributed by atoms with Gasteiger partial charge in [-0.15, -0.1) is 12.4 Å². The van der Waals surface area contributed by atoms with Crippen molar-refractivity contribution < 1.29 is 14.1 Å². The zero-order chi connectivity index (χ0) is 15.4. The van der Waals surface area contributed by atoms with E-state index in [9.17, 15) is 0 Å². The summed E-state index contributed by atoms with van der Waals surface area (Å²) in [6.07, 6.45) is 1.58. The molecule has 0 saturated carbocycles. The molecule has 126 valence electrons. The first kappa shape index (κ1) is 17.7. The van der Waals surface area contributed by atoms with E-state index in [1.54, 1.807) is 18.1 Å². The van der Waals surface area contributed by atoms with Crippen molar-refractivity contribution >= 4 is 30.2 Å². The number of hydrogen-bond acceptors (Lipinski definition) is 6. The molecule has 1 aromatic carbocycles. The van der Waals surface area contributed by atoms with Crippen LogP contribution >= 0.6 is 24.4 Å². The third-order valence-electron chi connectivity index (χ3n) is 3.53. The van der Waals surface area contributed by atoms with Crippen LogP contribution in [0, 0.1) is 0 Å². The minimum Gasteiger partial charge on any atom is -0.660 e. The maximum Gasteiger partial charge on any atom is 0.256 e. The Morgan fingerprint density at radius 3 is 2.52 bits per heavy atom. The van der Waals surface area contributed by atoms with Gasteiger partial charge >= 0.3 is 0 Å². The topological polar surface area (TPSA) is 69.4 Å². The van der Waals surface area contributed by atoms with Crippen molar-refractivity contribution in [3.8, 4) is 5.75 Å². The molecule has 3 rings (SSSR count). The number of methoxy groups -OCH3 is 1. The summed E-state index contributed by atoms with van der Waals surface area (Å²) < 4.78 is 12.3. The summed E-state index contributed by atoms with van der Waals surface area (Å²) in [5, 5.41) is 5.89. The summed E-state index contributed by atoms with van der Waals surface area (Å²) in [5.74, 6) is 1.93. The average Bonchev–Trinajstić information content (AvgIpc) is 3.00. The minimum atomic E-state index is 0. The normalized spacial score (nSPS) is 15.3. The van der Waals surface area contributed by atoms with Crippen LogP contribution in [0.5, 0.6) is 5.75 Å². The molecule has 1 N–H and O–H groups in total. The molecule has 0 atom stereocenters. The molecule has 0 bridgehead atoms. The number of nitrogens with zero attached hydrogens (tertiary/aromatic N) is 4. The second-order valence-electron chi connectivity index (χ2n) is 4.99. The number of aromatic nitrogens is 2. The largest absolute Gasteiger partial charge is 0.660 e. The lowest BCUT2D eigenvalue weighted by molar-refractivity contribution is -0.759. The molecule has 1 fully saturated rings. The number of ether oxygens (including phenoxy) is 1. The highest BCUT2D eigenvalue weighted by atomic mass is 35.5. The van der Waals surface area contributed by atoms with Gasteiger partial charge in [0.2, 0.25) is 5.27 Å². The fraction of sp³-hybridized carbons (Fsp3) is 0.429. The Balaban J connectivity index is 0.00000192. The predicted octanol–water partition coefficient (Wildman–Crippen LogP) is 2.18. The van der Waals surface area contributed by atoms with Crippen LogP contribution in [0.1, 0.15) is 5.56 Å². The van der Waals surface area contributed by atoms with E-state index in [4.69, 9.17) is 15.0 Å². The fourth-order valence-corrected chi connectivity index (χ4v) is 3.22. The Bertz CT molecular complexity index is 601. The van der Waals surface area contributed by atoms with E-state index in [1.165, 1.54) is 5.56 Å². The van der Waals surface area contributed by atoms with Crippen molar-refractivity contribution in [3.05, 3.63) is 41.8 Å². The van der Waals surface area contributed by atoms with Gasteiger partial charge < -0.3 is 15.0 Å². The van der Waals surface area contributed by atoms with Gasteiger partial charge in [0.05, 0.1) is 25.0 Å². The SMILES string of the molecule is COc1ccc(CSN2CCN([n+]3cc([NH-])on3)CC2)cc1.Cl. The van der Waals surface area contributed by atoms with Crippen LogP contribution in [0.4, 0.5) is 5.88 Å². The third-order valence-corrected chi connectivity index (χ3v) is 4.73. The van der Waals surface area contributed by atoms with Crippen molar-refractivity contribution in [2.24, 2.45) is 0 Å². The average molecular weight is 358 g/mol. The Kier molecular flexibility index (Phi) is 6.37. The number of hydrogen-bond donors (Lipinski definition) is 0. The lowest BCUT2D eigenvalue weighted by Gasteiger charge is -2.29. The lowest BCUT2D eigenvalue weighted by atomic mass is 10.2. The zero-order valence-corrected chi connectivity index (χ0v) is 14.5. The Morgan fingerprint density at radius 1 is 1.26 bits per heavy atom. The third kappa shape index (κ3) is 4.66. The molecule has 0 amide bonds. The molecular formula is C14H20ClN5O2S. The standard InChI is InChI=1S/C14H19N5O2S.ClH/c1-20-13-4-2-12(3-5-13)11-22-18-8-6-17(7-9-18)19-10-14(15)21-16-19;/h2-5,10,15H,6-9,11H2,1H3;1H. The molecule has 0 radical (unpaired) electrons. The van der Waals surface area contributed by atoms with Gasteiger partial charge in [0, 0.05) is 18.8 Å². The highest BCUT2D eigenvalue weighted by Crippen LogP contribution is 2.20. The van der Waals surface area contributed by atoms with E-state index in [2.05, 4.69) is 26.7 Å². The minimum absolute atomic E-state index is 0. The van der Waals surface area contributed by atoms with Crippen LogP contribution in [0.2, 0.25) is 0 Å². The van der Waals surface area contributed by atoms with Gasteiger partial charge in [0.1, 0.15) is 11.6 Å². The van der Waals surface area contributed by atoms with Gasteiger partial charge in [-0.25, -0.2) is 4.31 Å². The molecule has 0 aliphatic carbocycles. The second-order valence-corrected chi connectivity index (χ2v) is 6.05. The van der Waals surface area contributed by atoms with Gasteiger partial charge in [-0.1, -0.05) is 24.1 Å². The van der Waals surface area contributed by atoms with E-state index in [0.717, 1.165) is 37.7 Å². The number of nitrogens with one attached hydrogen (secondary N) is 1. The van der Waals surface area contributed by atoms with Crippen molar-refractivity contribution in [2.45, 2.75) is 5.75 Å². The molecule has 9 heteroatoms. The summed E-state index contributed by atoms with van der Waals surface area (Å²) in [7, 11) is 1.68. The molecule has 2 aromatic rings. The van der Waals surface area contributed by atoms with E-state index >= 15 is 0 Å². The summed E-state index contributed by atoms with van der Waals surface area (Å²) in [4.78, 5) is 1.62. The van der Waals surface area contributed by atoms with Gasteiger partial charge in [-0.2, -0.15) is 5.01 Å². The highest BCUT2D eigenvalue weighted by molar-refractivity contribution is 7.96. The number of piperazine rings is 1. The van der Waals surface area contributed by atoms with Gasteiger partial charge in [-0.05, 0) is 17.7 Å². The monoisotopic (exact) mass is 357 g/mol. The zero-order valence-electron chi connectivity index (χ0n) is 12.8. The van der Waals surface area contributed by atoms with Gasteiger partial charge in [-0.3, -0.25) is 0 Å². The number of rotatable bonds is 5. The Hall–Kier alpha value is -1.64. The molecular weight excluding hydrogens is 338 g/mol. The molecule has 1 aliphatic rings. The van der Waals surface area contributed by atoms with Gasteiger partial charge in [0.25, 0.3) is 6.20 Å². The van der Waals surface area contributed by atoms with E-state index in [1.807, 2.05) is 24.1 Å². The highest BCUT2D eigenvalue weighted by Gasteiger charge is 2.24. The van der Waals surface area contributed by atoms with Crippen LogP contribution in [0.3, 0.4) is 0 Å². The molecule has 7 nitrogen and oxygen atoms in total. The smallest absolute Gasteiger partial charge is 0.256 e. The van der Waals surface area contributed by atoms with Crippen molar-refractivity contribution in [2.75, 3.05) is 38.3 Å². The molecule has 1 saturated heterocycles. The summed E-state index contributed by atoms with van der Waals surface area (Å²) in [6, 6.07) is 8.19. The summed E-state index contributed by atoms with van der Waals surface area (Å²) in [5.41, 5.74) is 8.65. The van der Waals surface area contributed by atoms with Crippen molar-refractivity contribution in [1.82, 2.24) is 9.58 Å². The lowest BCUT2D eigenvalue weighted by Crippen LogP contribution is -2.64. The number of benzene rings is 1. The molecule has 23 heavy (non-hydrogen) atoms. The van der Waals surface area contributed by atoms with Crippen LogP contribution in [-0.2, 0) is 5.75 Å². The van der Waals surface area contributed by atoms with Crippen molar-refractivity contribution in [1.29, 1.82) is 0 Å². The fourth-order valence-electron chi connectivity index (χ4n) is 2.27. The maximum atomic E-state index is 7.36. The Morgan fingerprint density at radius 2 is 1.96 bits per heavy atom. The molecule has 0 unspecified atom stereocenters. The first-order chi connectivity index (χ1) is 10.7. The van der Waals surface area contributed by atoms with Crippen LogP contribution in [0.15, 0.2) is 35.0 Å². The van der Waals surface area contributed by atoms with Crippen LogP contribution in [-0.4, -0.2) is 42.9 Å². The van der Waals surface area contributed by atoms with Crippen molar-refractivity contribution in [3.63, 3.8) is 0 Å². The molecule has 2 heterocycles. The van der Waals surface area contributed by atoms with Gasteiger partial charge in [0.15, 0.2) is 0 Å². The first-order valence-electron chi connectivity index (χ1n) is 7.11. The quantitative estimate of drug-likeness (QED) is 0.603. The first-order valence-corrected chi connectivity index (χ1v) is 8.05. The predicted molar refractivity (Wildman–Crippen MR) is 91.7 cm³/mol. The van der Waals surface area contributed by atoms with Crippen LogP contribution in [0.25, 0.3) is 5.73 Å². The number of halogens is 1. The summed E-state index contributed by atoms with van der Waals surface area (Å²) in [6.45, 7) is 3.64. The maximum absolute atomic E-state index is 7.36. The molecule has 1 aromatic heterocycles. The second kappa shape index (κ2) is 8.28. The van der Waals surface area contributed by atoms with E-state index in [-0.39, 0.29) is 18.3 Å².